The summed E-state index contributed by atoms with van der Waals surface area (Å²) in [6.07, 6.45) is 13.9. The van der Waals surface area contributed by atoms with Gasteiger partial charge in [-0.15, -0.1) is 0 Å². The molecule has 0 spiro atoms. The third-order valence-electron chi connectivity index (χ3n) is 10.7. The van der Waals surface area contributed by atoms with Crippen molar-refractivity contribution in [2.75, 3.05) is 6.54 Å². The molecular weight excluding hydrogens is 626 g/mol. The number of hydrogen-bond acceptors (Lipinski definition) is 8. The van der Waals surface area contributed by atoms with Gasteiger partial charge in [-0.05, 0) is 68.1 Å². The van der Waals surface area contributed by atoms with Crippen molar-refractivity contribution >= 4 is 35.3 Å². The molecule has 0 aromatic carbocycles. The van der Waals surface area contributed by atoms with Crippen molar-refractivity contribution in [3.8, 4) is 0 Å². The molecule has 1 saturated heterocycles. The van der Waals surface area contributed by atoms with Crippen LogP contribution in [0.25, 0.3) is 0 Å². The van der Waals surface area contributed by atoms with Gasteiger partial charge in [0.25, 0.3) is 11.8 Å². The van der Waals surface area contributed by atoms with E-state index in [4.69, 9.17) is 0 Å². The highest BCUT2D eigenvalue weighted by Crippen LogP contribution is 2.43. The predicted octanol–water partition coefficient (Wildman–Crippen LogP) is 2.45. The smallest absolute Gasteiger partial charge is 0.289 e. The van der Waals surface area contributed by atoms with Crippen molar-refractivity contribution in [2.45, 2.75) is 135 Å². The Kier molecular flexibility index (Phi) is 11.7. The van der Waals surface area contributed by atoms with Crippen molar-refractivity contribution in [1.29, 1.82) is 0 Å². The van der Waals surface area contributed by atoms with E-state index in [2.05, 4.69) is 31.2 Å². The lowest BCUT2D eigenvalue weighted by molar-refractivity contribution is -0.146. The molecule has 1 aliphatic heterocycles. The lowest BCUT2D eigenvalue weighted by Crippen LogP contribution is -2.62. The minimum Gasteiger partial charge on any atom is -0.347 e. The van der Waals surface area contributed by atoms with Gasteiger partial charge in [-0.3, -0.25) is 33.8 Å². The van der Waals surface area contributed by atoms with E-state index in [0.29, 0.717) is 19.4 Å². The zero-order valence-electron chi connectivity index (χ0n) is 29.3. The van der Waals surface area contributed by atoms with E-state index in [0.717, 1.165) is 64.2 Å². The summed E-state index contributed by atoms with van der Waals surface area (Å²) in [5.74, 6) is -3.20. The number of nitrogens with zero attached hydrogens (tertiary/aromatic N) is 3. The maximum absolute atomic E-state index is 14.6. The Morgan fingerprint density at radius 1 is 0.898 bits per heavy atom. The normalized spacial score (nSPS) is 24.2. The van der Waals surface area contributed by atoms with Crippen LogP contribution in [0, 0.1) is 23.2 Å². The molecule has 49 heavy (non-hydrogen) atoms. The molecule has 3 saturated carbocycles. The Balaban J connectivity index is 1.36. The minimum atomic E-state index is -0.994. The maximum Gasteiger partial charge on any atom is 0.289 e. The second kappa shape index (κ2) is 15.8. The van der Waals surface area contributed by atoms with Gasteiger partial charge in [0.05, 0.1) is 12.2 Å². The molecule has 5 rings (SSSR count). The van der Waals surface area contributed by atoms with Gasteiger partial charge in [0.15, 0.2) is 0 Å². The number of rotatable bonds is 13. The van der Waals surface area contributed by atoms with Crippen LogP contribution < -0.4 is 21.3 Å². The average molecular weight is 680 g/mol. The molecule has 268 valence electrons. The number of likely N-dealkylation sites (tertiary alicyclic amines) is 1. The quantitative estimate of drug-likeness (QED) is 0.230. The molecule has 6 atom stereocenters. The monoisotopic (exact) mass is 679 g/mol. The first-order chi connectivity index (χ1) is 23.4. The van der Waals surface area contributed by atoms with Gasteiger partial charge in [0, 0.05) is 25.0 Å². The predicted molar refractivity (Wildman–Crippen MR) is 181 cm³/mol. The van der Waals surface area contributed by atoms with E-state index >= 15 is 0 Å². The van der Waals surface area contributed by atoms with E-state index in [1.807, 2.05) is 27.7 Å². The molecule has 1 aromatic rings. The van der Waals surface area contributed by atoms with Crippen molar-refractivity contribution in [1.82, 2.24) is 36.1 Å². The molecule has 5 amide bonds. The number of nitrogens with one attached hydrogen (secondary N) is 4. The number of amides is 5. The van der Waals surface area contributed by atoms with Crippen molar-refractivity contribution in [3.05, 3.63) is 24.3 Å². The third kappa shape index (κ3) is 8.83. The summed E-state index contributed by atoms with van der Waals surface area (Å²) in [7, 11) is 0. The Bertz CT molecular complexity index is 1390. The molecule has 4 N–H and O–H groups in total. The van der Waals surface area contributed by atoms with Crippen LogP contribution in [0.2, 0.25) is 0 Å². The lowest BCUT2D eigenvalue weighted by Gasteiger charge is -2.38. The maximum atomic E-state index is 14.6. The van der Waals surface area contributed by atoms with Gasteiger partial charge in [-0.25, -0.2) is 4.98 Å². The molecule has 1 aromatic heterocycles. The van der Waals surface area contributed by atoms with Crippen LogP contribution in [0.1, 0.15) is 115 Å². The third-order valence-corrected chi connectivity index (χ3v) is 10.7. The topological polar surface area (TPSA) is 180 Å². The molecule has 0 bridgehead atoms. The molecule has 1 unspecified atom stereocenters. The van der Waals surface area contributed by atoms with Gasteiger partial charge in [0.2, 0.25) is 23.5 Å². The molecule has 13 heteroatoms. The summed E-state index contributed by atoms with van der Waals surface area (Å²) >= 11 is 0. The lowest BCUT2D eigenvalue weighted by atomic mass is 9.82. The van der Waals surface area contributed by atoms with Gasteiger partial charge < -0.3 is 26.2 Å². The zero-order valence-corrected chi connectivity index (χ0v) is 29.3. The molecular formula is C36H53N7O6. The van der Waals surface area contributed by atoms with E-state index in [-0.39, 0.29) is 35.4 Å². The highest BCUT2D eigenvalue weighted by molar-refractivity contribution is 6.38. The Morgan fingerprint density at radius 2 is 1.63 bits per heavy atom. The van der Waals surface area contributed by atoms with Crippen LogP contribution in [-0.2, 0) is 24.0 Å². The molecule has 2 heterocycles. The molecule has 4 fully saturated rings. The summed E-state index contributed by atoms with van der Waals surface area (Å²) < 4.78 is 0. The first-order valence-electron chi connectivity index (χ1n) is 18.2. The van der Waals surface area contributed by atoms with Crippen LogP contribution in [0.3, 0.4) is 0 Å². The summed E-state index contributed by atoms with van der Waals surface area (Å²) in [5, 5.41) is 11.5. The van der Waals surface area contributed by atoms with E-state index < -0.39 is 59.0 Å². The summed E-state index contributed by atoms with van der Waals surface area (Å²) in [5.41, 5.74) is -0.638. The Hall–Kier alpha value is -3.90. The van der Waals surface area contributed by atoms with Crippen LogP contribution in [0.15, 0.2) is 18.6 Å². The van der Waals surface area contributed by atoms with Gasteiger partial charge in [0.1, 0.15) is 23.8 Å². The molecule has 3 aliphatic carbocycles. The van der Waals surface area contributed by atoms with Gasteiger partial charge in [-0.1, -0.05) is 59.8 Å². The molecule has 0 radical (unpaired) electrons. The number of fused-ring (bicyclic) bond motifs is 1. The molecule has 13 nitrogen and oxygen atoms in total. The standard InChI is InChI=1S/C36H53N7O6/c1-5-10-25(29(44)34(48)39-23-15-16-23)40-33(47)28-24-14-9-13-22(24)20-43(28)35(49)30(36(2,3)4)42-32(46)27(21-11-7-6-8-12-21)41-31(45)26-19-37-17-18-38-26/h17-19,21-25,27-28,30H,5-16,20H2,1-4H3,(H,39,48)(H,40,47)(H,41,45)(H,42,46)/t22?,24-,25-,27-,28-,30-/m0/s1. The van der Waals surface area contributed by atoms with Gasteiger partial charge in [-0.2, -0.15) is 0 Å². The largest absolute Gasteiger partial charge is 0.347 e. The number of Topliss-reactive ketones (excluding diaryl/α,β-unsaturated/α-hetero) is 1. The number of carbonyl (C=O) groups excluding carboxylic acids is 6. The van der Waals surface area contributed by atoms with Crippen LogP contribution in [-0.4, -0.2) is 86.9 Å². The fourth-order valence-electron chi connectivity index (χ4n) is 7.87. The van der Waals surface area contributed by atoms with E-state index in [1.54, 1.807) is 4.90 Å². The SMILES string of the molecule is CCC[C@H](NC(=O)[C@@H]1[C@H]2CCCC2CN1C(=O)[C@H](NC(=O)[C@@H](NC(=O)c1cnccn1)C1CCCCC1)C(C)(C)C)C(=O)C(=O)NC1CC1. The minimum absolute atomic E-state index is 0.0132. The second-order valence-corrected chi connectivity index (χ2v) is 15.5. The van der Waals surface area contributed by atoms with Crippen LogP contribution in [0.5, 0.6) is 0 Å². The Labute approximate surface area is 288 Å². The average Bonchev–Trinajstić information content (AvgIpc) is 3.65. The van der Waals surface area contributed by atoms with Crippen LogP contribution in [0.4, 0.5) is 0 Å². The second-order valence-electron chi connectivity index (χ2n) is 15.5. The fourth-order valence-corrected chi connectivity index (χ4v) is 7.87. The van der Waals surface area contributed by atoms with Crippen molar-refractivity contribution in [2.24, 2.45) is 23.2 Å². The van der Waals surface area contributed by atoms with Crippen molar-refractivity contribution in [3.63, 3.8) is 0 Å². The number of carbonyl (C=O) groups is 6. The number of ketones is 1. The molecule has 4 aliphatic rings. The summed E-state index contributed by atoms with van der Waals surface area (Å²) in [6, 6.07) is -3.68. The van der Waals surface area contributed by atoms with E-state index in [9.17, 15) is 28.8 Å². The summed E-state index contributed by atoms with van der Waals surface area (Å²) in [4.78, 5) is 91.4. The summed E-state index contributed by atoms with van der Waals surface area (Å²) in [6.45, 7) is 7.85. The highest BCUT2D eigenvalue weighted by atomic mass is 16.2. The van der Waals surface area contributed by atoms with Crippen molar-refractivity contribution < 1.29 is 28.8 Å². The first-order valence-corrected chi connectivity index (χ1v) is 18.2. The number of aromatic nitrogens is 2. The van der Waals surface area contributed by atoms with E-state index in [1.165, 1.54) is 18.6 Å². The van der Waals surface area contributed by atoms with Crippen LogP contribution >= 0.6 is 0 Å². The van der Waals surface area contributed by atoms with Gasteiger partial charge >= 0.3 is 0 Å². The Morgan fingerprint density at radius 3 is 2.27 bits per heavy atom. The first kappa shape index (κ1) is 36.4. The zero-order chi connectivity index (χ0) is 35.3. The number of hydrogen-bond donors (Lipinski definition) is 4. The fraction of sp³-hybridized carbons (Fsp3) is 0.722. The highest BCUT2D eigenvalue weighted by Gasteiger charge is 2.52.